The largest absolute Gasteiger partial charge is 0.488 e. The molecule has 0 spiro atoms. The first kappa shape index (κ1) is 66.8. The number of hydrogen-bond donors (Lipinski definition) is 11. The molecule has 5 heterocycles. The molecular formula is C58H88N12O8S5. The molecule has 0 aliphatic carbocycles. The van der Waals surface area contributed by atoms with Crippen LogP contribution in [0.3, 0.4) is 0 Å². The fourth-order valence-corrected chi connectivity index (χ4v) is 14.3. The Balaban J connectivity index is 0.000000167. The Morgan fingerprint density at radius 2 is 0.663 bits per heavy atom. The van der Waals surface area contributed by atoms with Crippen molar-refractivity contribution in [3.05, 3.63) is 55.6 Å². The average Bonchev–Trinajstić information content (AvgIpc) is 3.30. The Labute approximate surface area is 511 Å². The summed E-state index contributed by atoms with van der Waals surface area (Å²) in [5.74, 6) is 3.60. The maximum absolute atomic E-state index is 6.16. The number of thioether (sulfide) groups is 5. The van der Waals surface area contributed by atoms with Gasteiger partial charge in [0, 0.05) is 20.3 Å². The highest BCUT2D eigenvalue weighted by Crippen LogP contribution is 2.52. The predicted molar refractivity (Wildman–Crippen MR) is 352 cm³/mol. The van der Waals surface area contributed by atoms with Gasteiger partial charge in [0.2, 0.25) is 0 Å². The molecule has 0 saturated carbocycles. The molecular weight excluding hydrogens is 1150 g/mol. The van der Waals surface area contributed by atoms with Crippen LogP contribution in [0.2, 0.25) is 0 Å². The number of methoxy groups -OCH3 is 1. The number of nitrogens with zero attached hydrogens (tertiary/aromatic N) is 1. The maximum Gasteiger partial charge on any atom is 0.158 e. The fraction of sp³-hybridized carbons (Fsp3) is 0.483. The van der Waals surface area contributed by atoms with Gasteiger partial charge in [-0.1, -0.05) is 65.7 Å². The summed E-state index contributed by atoms with van der Waals surface area (Å²) in [6.45, 7) is 27.8. The molecule has 20 nitrogen and oxygen atoms in total. The van der Waals surface area contributed by atoms with Gasteiger partial charge in [0.1, 0.15) is 49.3 Å². The van der Waals surface area contributed by atoms with Gasteiger partial charge in [-0.25, -0.2) is 0 Å². The zero-order valence-electron chi connectivity index (χ0n) is 50.6. The van der Waals surface area contributed by atoms with E-state index in [4.69, 9.17) is 101 Å². The molecule has 5 aromatic rings. The van der Waals surface area contributed by atoms with Gasteiger partial charge in [0.25, 0.3) is 0 Å². The summed E-state index contributed by atoms with van der Waals surface area (Å²) in [7, 11) is 5.73. The normalized spacial score (nSPS) is 18.9. The van der Waals surface area contributed by atoms with E-state index in [9.17, 15) is 0 Å². The molecule has 22 N–H and O–H groups in total. The molecule has 0 radical (unpaired) electrons. The Kier molecular flexibility index (Phi) is 23.1. The molecule has 5 unspecified atom stereocenters. The second kappa shape index (κ2) is 28.7. The fourth-order valence-electron chi connectivity index (χ4n) is 8.84. The smallest absolute Gasteiger partial charge is 0.158 e. The van der Waals surface area contributed by atoms with E-state index in [1.165, 1.54) is 11.8 Å². The van der Waals surface area contributed by atoms with E-state index in [1.54, 1.807) is 54.2 Å². The van der Waals surface area contributed by atoms with Gasteiger partial charge in [-0.05, 0) is 152 Å². The van der Waals surface area contributed by atoms with Crippen LogP contribution in [0.5, 0.6) is 28.7 Å². The van der Waals surface area contributed by atoms with Crippen LogP contribution in [0, 0.1) is 69.2 Å². The van der Waals surface area contributed by atoms with Crippen molar-refractivity contribution in [2.24, 2.45) is 5.73 Å². The van der Waals surface area contributed by atoms with Crippen LogP contribution in [0.4, 0.5) is 56.9 Å². The minimum Gasteiger partial charge on any atom is -0.488 e. The van der Waals surface area contributed by atoms with Gasteiger partial charge in [-0.3, -0.25) is 4.90 Å². The van der Waals surface area contributed by atoms with Crippen molar-refractivity contribution in [3.63, 3.8) is 0 Å². The van der Waals surface area contributed by atoms with E-state index in [0.29, 0.717) is 79.6 Å². The van der Waals surface area contributed by atoms with Crippen LogP contribution in [-0.4, -0.2) is 99.4 Å². The zero-order valence-corrected chi connectivity index (χ0v) is 54.7. The van der Waals surface area contributed by atoms with Crippen LogP contribution >= 0.6 is 58.8 Å². The van der Waals surface area contributed by atoms with Crippen LogP contribution in [0.1, 0.15) is 75.9 Å². The summed E-state index contributed by atoms with van der Waals surface area (Å²) >= 11 is 8.02. The lowest BCUT2D eigenvalue weighted by molar-refractivity contribution is 0.0723. The minimum absolute atomic E-state index is 0.00116. The Morgan fingerprint density at radius 1 is 0.386 bits per heavy atom. The van der Waals surface area contributed by atoms with E-state index in [0.717, 1.165) is 139 Å². The lowest BCUT2D eigenvalue weighted by atomic mass is 10.1. The quantitative estimate of drug-likeness (QED) is 0.0675. The summed E-state index contributed by atoms with van der Waals surface area (Å²) in [5.41, 5.74) is 83.9. The van der Waals surface area contributed by atoms with Crippen LogP contribution in [0.15, 0.2) is 24.5 Å². The summed E-state index contributed by atoms with van der Waals surface area (Å²) in [6.07, 6.45) is 0.995. The van der Waals surface area contributed by atoms with Crippen molar-refractivity contribution < 1.29 is 37.9 Å². The third kappa shape index (κ3) is 14.3. The van der Waals surface area contributed by atoms with Crippen molar-refractivity contribution in [1.29, 1.82) is 0 Å². The molecule has 5 atom stereocenters. The molecule has 5 aliphatic rings. The van der Waals surface area contributed by atoms with Gasteiger partial charge in [0.05, 0.1) is 92.1 Å². The predicted octanol–water partition coefficient (Wildman–Crippen LogP) is 10.0. The lowest BCUT2D eigenvalue weighted by Gasteiger charge is -2.31. The number of hydrogen-bond acceptors (Lipinski definition) is 25. The Morgan fingerprint density at radius 3 is 0.988 bits per heavy atom. The molecule has 5 aromatic carbocycles. The van der Waals surface area contributed by atoms with Crippen molar-refractivity contribution in [2.75, 3.05) is 125 Å². The SMILES string of the molecule is CCCOC1COc2c(N)c(C)c(C)c(N)c2S1.CCOC1COc2c(N)c(C)c(C)c(N)c2S1.COC1COc2c(N)c(C)c(C)c(N)c2S1.Cc1c(C)c(N)c2c(c1N)OCC(N(C)C)S2.Cc1c(C)c(N)c2c(c1N)OCC(N)S2. The van der Waals surface area contributed by atoms with E-state index < -0.39 is 0 Å². The van der Waals surface area contributed by atoms with Gasteiger partial charge in [-0.15, -0.1) is 0 Å². The van der Waals surface area contributed by atoms with E-state index in [2.05, 4.69) is 11.8 Å². The number of anilines is 10. The number of nitrogen functional groups attached to an aromatic ring is 10. The summed E-state index contributed by atoms with van der Waals surface area (Å²) in [4.78, 5) is 6.72. The van der Waals surface area contributed by atoms with Crippen LogP contribution in [0.25, 0.3) is 0 Å². The molecule has 10 rings (SSSR count). The monoisotopic (exact) mass is 1240 g/mol. The third-order valence-electron chi connectivity index (χ3n) is 15.2. The molecule has 0 bridgehead atoms. The molecule has 458 valence electrons. The average molecular weight is 1240 g/mol. The number of fused-ring (bicyclic) bond motifs is 5. The molecule has 0 aromatic heterocycles. The number of rotatable bonds is 7. The van der Waals surface area contributed by atoms with E-state index >= 15 is 0 Å². The standard InChI is InChI=1S/C13H20N2O2S.C12H19N3OS.C12H18N2O2S.C11H16N2O2S.C10H15N3OS/c1-4-5-16-9-6-17-12-10(14)7(2)8(3)11(15)13(12)18-9;1-6-7(2)10(14)12-11(9(6)13)16-5-8(17-12)15(3)4;1-4-15-8-5-16-11-9(13)6(2)7(3)10(14)12(11)17-8;1-5-6(2)9(13)11-10(8(5)12)15-4-7(14-3)16-11;1-4-5(2)8(13)10-9(7(4)12)14-3-6(11)15-10/h9H,4-6,14-15H2,1-3H3;8H,5,13-14H2,1-4H3;8H,4-5,13-14H2,1-3H3;7H,4,12-13H2,1-3H3;6H,3,11-13H2,1-2H3. The molecule has 5 aliphatic heterocycles. The zero-order chi connectivity index (χ0) is 61.6. The minimum atomic E-state index is -0.0682. The highest BCUT2D eigenvalue weighted by atomic mass is 32.2. The first-order valence-electron chi connectivity index (χ1n) is 27.2. The van der Waals surface area contributed by atoms with Gasteiger partial charge in [-0.2, -0.15) is 0 Å². The van der Waals surface area contributed by atoms with Crippen molar-refractivity contribution in [3.8, 4) is 28.7 Å². The number of ether oxygens (including phenoxy) is 8. The van der Waals surface area contributed by atoms with Crippen molar-refractivity contribution in [2.45, 2.75) is 141 Å². The Hall–Kier alpha value is -5.35. The van der Waals surface area contributed by atoms with E-state index in [1.807, 2.05) is 90.3 Å². The van der Waals surface area contributed by atoms with Gasteiger partial charge < -0.3 is 101 Å². The number of nitrogens with two attached hydrogens (primary N) is 11. The van der Waals surface area contributed by atoms with Gasteiger partial charge in [0.15, 0.2) is 28.7 Å². The van der Waals surface area contributed by atoms with Crippen LogP contribution < -0.4 is 86.8 Å². The number of likely N-dealkylation sites (N-methyl/N-ethyl adjacent to an activating group) is 1. The van der Waals surface area contributed by atoms with Crippen molar-refractivity contribution >= 4 is 116 Å². The molecule has 83 heavy (non-hydrogen) atoms. The van der Waals surface area contributed by atoms with Crippen LogP contribution in [-0.2, 0) is 14.2 Å². The third-order valence-corrected chi connectivity index (χ3v) is 21.3. The Bertz CT molecular complexity index is 3190. The molecule has 0 amide bonds. The van der Waals surface area contributed by atoms with E-state index in [-0.39, 0.29) is 27.1 Å². The maximum atomic E-state index is 6.16. The summed E-state index contributed by atoms with van der Waals surface area (Å²) in [6, 6.07) is 0. The molecule has 0 fully saturated rings. The second-order valence-corrected chi connectivity index (χ2v) is 26.6. The highest BCUT2D eigenvalue weighted by molar-refractivity contribution is 8.01. The van der Waals surface area contributed by atoms with Crippen molar-refractivity contribution in [1.82, 2.24) is 4.90 Å². The topological polar surface area (TPSA) is 363 Å². The molecule has 0 saturated heterocycles. The van der Waals surface area contributed by atoms with Gasteiger partial charge >= 0.3 is 0 Å². The first-order valence-corrected chi connectivity index (χ1v) is 31.6. The molecule has 25 heteroatoms. The first-order chi connectivity index (χ1) is 39.1. The highest BCUT2D eigenvalue weighted by Gasteiger charge is 2.32. The number of benzene rings is 5. The second-order valence-electron chi connectivity index (χ2n) is 20.6. The summed E-state index contributed by atoms with van der Waals surface area (Å²) in [5, 5.41) is 0.215. The summed E-state index contributed by atoms with van der Waals surface area (Å²) < 4.78 is 44.8. The lowest BCUT2D eigenvalue weighted by Crippen LogP contribution is -2.33.